The number of imidazole rings is 1. The number of fused-ring (bicyclic) bond motifs is 1. The van der Waals surface area contributed by atoms with Crippen molar-refractivity contribution in [3.8, 4) is 17.1 Å². The van der Waals surface area contributed by atoms with Gasteiger partial charge in [0.05, 0.1) is 11.0 Å². The number of hydrogen-bond acceptors (Lipinski definition) is 4. The lowest BCUT2D eigenvalue weighted by Crippen LogP contribution is -2.46. The van der Waals surface area contributed by atoms with E-state index in [1.807, 2.05) is 83.4 Å². The van der Waals surface area contributed by atoms with Gasteiger partial charge in [0.25, 0.3) is 5.91 Å². The molecule has 1 aromatic heterocycles. The molecule has 0 fully saturated rings. The Balaban J connectivity index is 1.54. The standard InChI is InChI=1S/C24H23N5O2S/c1-25-24(32)28-27-22(30)15-29-21-10-6-5-9-20(21)26-23(29)18-11-13-19(14-12-18)31-16-17-7-3-2-4-8-17/h2-14H,15-16H2,1H3,(H,27,30)(H2,25,28,32). The van der Waals surface area contributed by atoms with Gasteiger partial charge in [0.15, 0.2) is 5.11 Å². The first kappa shape index (κ1) is 21.3. The van der Waals surface area contributed by atoms with E-state index in [1.165, 1.54) is 0 Å². The quantitative estimate of drug-likeness (QED) is 0.312. The Bertz CT molecular complexity index is 1220. The molecule has 8 heteroatoms. The smallest absolute Gasteiger partial charge is 0.258 e. The molecule has 0 aliphatic heterocycles. The third-order valence-corrected chi connectivity index (χ3v) is 5.17. The summed E-state index contributed by atoms with van der Waals surface area (Å²) in [4.78, 5) is 17.3. The summed E-state index contributed by atoms with van der Waals surface area (Å²) >= 11 is 5.00. The maximum atomic E-state index is 12.5. The van der Waals surface area contributed by atoms with Crippen molar-refractivity contribution in [3.63, 3.8) is 0 Å². The van der Waals surface area contributed by atoms with Gasteiger partial charge in [0, 0.05) is 12.6 Å². The predicted octanol–water partition coefficient (Wildman–Crippen LogP) is 3.41. The van der Waals surface area contributed by atoms with Gasteiger partial charge >= 0.3 is 0 Å². The van der Waals surface area contributed by atoms with Crippen molar-refractivity contribution in [1.29, 1.82) is 0 Å². The van der Waals surface area contributed by atoms with Gasteiger partial charge in [-0.05, 0) is 54.2 Å². The average molecular weight is 446 g/mol. The molecule has 0 atom stereocenters. The van der Waals surface area contributed by atoms with Gasteiger partial charge in [0.1, 0.15) is 24.7 Å². The second-order valence-corrected chi connectivity index (χ2v) is 7.47. The zero-order valence-corrected chi connectivity index (χ0v) is 18.4. The number of carbonyl (C=O) groups is 1. The van der Waals surface area contributed by atoms with E-state index in [1.54, 1.807) is 7.05 Å². The maximum absolute atomic E-state index is 12.5. The van der Waals surface area contributed by atoms with Crippen LogP contribution >= 0.6 is 12.2 Å². The highest BCUT2D eigenvalue weighted by atomic mass is 32.1. The molecule has 32 heavy (non-hydrogen) atoms. The van der Waals surface area contributed by atoms with Crippen LogP contribution in [-0.4, -0.2) is 27.6 Å². The molecule has 0 saturated heterocycles. The number of ether oxygens (including phenoxy) is 1. The van der Waals surface area contributed by atoms with Crippen molar-refractivity contribution in [2.75, 3.05) is 7.05 Å². The van der Waals surface area contributed by atoms with E-state index in [0.29, 0.717) is 17.5 Å². The molecule has 4 aromatic rings. The molecule has 0 radical (unpaired) electrons. The van der Waals surface area contributed by atoms with Crippen molar-refractivity contribution < 1.29 is 9.53 Å². The van der Waals surface area contributed by atoms with Gasteiger partial charge in [-0.1, -0.05) is 42.5 Å². The summed E-state index contributed by atoms with van der Waals surface area (Å²) in [5.74, 6) is 1.23. The largest absolute Gasteiger partial charge is 0.489 e. The minimum absolute atomic E-state index is 0.0848. The van der Waals surface area contributed by atoms with Crippen LogP contribution in [0.1, 0.15) is 5.56 Å². The van der Waals surface area contributed by atoms with Crippen molar-refractivity contribution in [2.45, 2.75) is 13.2 Å². The summed E-state index contributed by atoms with van der Waals surface area (Å²) in [6.45, 7) is 0.585. The Hall–Kier alpha value is -3.91. The van der Waals surface area contributed by atoms with Crippen LogP contribution in [0, 0.1) is 0 Å². The van der Waals surface area contributed by atoms with Crippen LogP contribution in [-0.2, 0) is 17.9 Å². The minimum atomic E-state index is -0.241. The van der Waals surface area contributed by atoms with Crippen molar-refractivity contribution in [1.82, 2.24) is 25.7 Å². The fraction of sp³-hybridized carbons (Fsp3) is 0.125. The summed E-state index contributed by atoms with van der Waals surface area (Å²) in [7, 11) is 1.68. The Labute approximate surface area is 191 Å². The SMILES string of the molecule is CNC(=S)NNC(=O)Cn1c(-c2ccc(OCc3ccccc3)cc2)nc2ccccc21. The molecule has 7 nitrogen and oxygen atoms in total. The Kier molecular flexibility index (Phi) is 6.62. The zero-order chi connectivity index (χ0) is 22.3. The Morgan fingerprint density at radius 1 is 0.969 bits per heavy atom. The van der Waals surface area contributed by atoms with Crippen LogP contribution in [0.3, 0.4) is 0 Å². The highest BCUT2D eigenvalue weighted by molar-refractivity contribution is 7.80. The fourth-order valence-electron chi connectivity index (χ4n) is 3.27. The minimum Gasteiger partial charge on any atom is -0.489 e. The first-order valence-electron chi connectivity index (χ1n) is 10.1. The lowest BCUT2D eigenvalue weighted by Gasteiger charge is -2.12. The van der Waals surface area contributed by atoms with Gasteiger partial charge in [-0.25, -0.2) is 4.98 Å². The van der Waals surface area contributed by atoms with E-state index < -0.39 is 0 Å². The third-order valence-electron chi connectivity index (χ3n) is 4.86. The average Bonchev–Trinajstić information content (AvgIpc) is 3.20. The Morgan fingerprint density at radius 2 is 1.69 bits per heavy atom. The van der Waals surface area contributed by atoms with E-state index in [9.17, 15) is 4.79 Å². The number of benzene rings is 3. The van der Waals surface area contributed by atoms with Gasteiger partial charge in [-0.3, -0.25) is 15.6 Å². The van der Waals surface area contributed by atoms with Gasteiger partial charge < -0.3 is 14.6 Å². The van der Waals surface area contributed by atoms with E-state index >= 15 is 0 Å². The normalized spacial score (nSPS) is 10.5. The number of nitrogens with zero attached hydrogens (tertiary/aromatic N) is 2. The first-order valence-corrected chi connectivity index (χ1v) is 10.5. The topological polar surface area (TPSA) is 80.2 Å². The molecule has 3 aromatic carbocycles. The number of nitrogens with one attached hydrogen (secondary N) is 3. The molecular formula is C24H23N5O2S. The third kappa shape index (κ3) is 5.04. The van der Waals surface area contributed by atoms with Crippen LogP contribution in [0.4, 0.5) is 0 Å². The van der Waals surface area contributed by atoms with Crippen LogP contribution in [0.5, 0.6) is 5.75 Å². The second kappa shape index (κ2) is 9.93. The number of carbonyl (C=O) groups excluding carboxylic acids is 1. The summed E-state index contributed by atoms with van der Waals surface area (Å²) < 4.78 is 7.77. The molecule has 4 rings (SSSR count). The summed E-state index contributed by atoms with van der Waals surface area (Å²) in [6, 6.07) is 25.5. The lowest BCUT2D eigenvalue weighted by molar-refractivity contribution is -0.122. The second-order valence-electron chi connectivity index (χ2n) is 7.06. The number of para-hydroxylation sites is 2. The molecule has 0 aliphatic rings. The molecule has 0 saturated carbocycles. The molecule has 3 N–H and O–H groups in total. The summed E-state index contributed by atoms with van der Waals surface area (Å²) in [5, 5.41) is 3.08. The number of rotatable bonds is 6. The van der Waals surface area contributed by atoms with E-state index in [-0.39, 0.29) is 12.5 Å². The molecule has 162 valence electrons. The van der Waals surface area contributed by atoms with E-state index in [2.05, 4.69) is 16.2 Å². The van der Waals surface area contributed by atoms with Crippen LogP contribution < -0.4 is 20.9 Å². The molecule has 0 spiro atoms. The molecular weight excluding hydrogens is 422 g/mol. The molecule has 0 unspecified atom stereocenters. The predicted molar refractivity (Wildman–Crippen MR) is 129 cm³/mol. The number of hydrazine groups is 1. The highest BCUT2D eigenvalue weighted by Crippen LogP contribution is 2.26. The zero-order valence-electron chi connectivity index (χ0n) is 17.5. The molecule has 1 amide bonds. The highest BCUT2D eigenvalue weighted by Gasteiger charge is 2.15. The van der Waals surface area contributed by atoms with Gasteiger partial charge in [-0.15, -0.1) is 0 Å². The van der Waals surface area contributed by atoms with Crippen LogP contribution in [0.25, 0.3) is 22.4 Å². The van der Waals surface area contributed by atoms with Crippen molar-refractivity contribution >= 4 is 34.3 Å². The Morgan fingerprint density at radius 3 is 2.44 bits per heavy atom. The first-order chi connectivity index (χ1) is 15.6. The van der Waals surface area contributed by atoms with Gasteiger partial charge in [-0.2, -0.15) is 0 Å². The molecule has 0 aliphatic carbocycles. The van der Waals surface area contributed by atoms with Crippen LogP contribution in [0.2, 0.25) is 0 Å². The molecule has 1 heterocycles. The number of hydrogen-bond donors (Lipinski definition) is 3. The van der Waals surface area contributed by atoms with E-state index in [0.717, 1.165) is 27.9 Å². The number of thiocarbonyl (C=S) groups is 1. The number of aromatic nitrogens is 2. The summed E-state index contributed by atoms with van der Waals surface area (Å²) in [6.07, 6.45) is 0. The summed E-state index contributed by atoms with van der Waals surface area (Å²) in [5.41, 5.74) is 8.94. The van der Waals surface area contributed by atoms with Crippen molar-refractivity contribution in [2.24, 2.45) is 0 Å². The fourth-order valence-corrected chi connectivity index (χ4v) is 3.32. The van der Waals surface area contributed by atoms with E-state index in [4.69, 9.17) is 21.9 Å². The number of amides is 1. The van der Waals surface area contributed by atoms with Crippen molar-refractivity contribution in [3.05, 3.63) is 84.4 Å². The lowest BCUT2D eigenvalue weighted by atomic mass is 10.2. The van der Waals surface area contributed by atoms with Gasteiger partial charge in [0.2, 0.25) is 0 Å². The molecule has 0 bridgehead atoms. The monoisotopic (exact) mass is 445 g/mol. The van der Waals surface area contributed by atoms with Crippen LogP contribution in [0.15, 0.2) is 78.9 Å². The maximum Gasteiger partial charge on any atom is 0.258 e.